The molecule has 2 unspecified atom stereocenters. The smallest absolute Gasteiger partial charge is 0.269 e. The van der Waals surface area contributed by atoms with Crippen LogP contribution in [0.4, 0.5) is 5.69 Å². The number of hydrogen-bond acceptors (Lipinski definition) is 6. The van der Waals surface area contributed by atoms with Gasteiger partial charge in [0, 0.05) is 67.5 Å². The monoisotopic (exact) mass is 438 g/mol. The number of nitrogens with zero attached hydrogens (tertiary/aromatic N) is 3. The highest BCUT2D eigenvalue weighted by atomic mass is 16.6. The van der Waals surface area contributed by atoms with Crippen LogP contribution in [0, 0.1) is 26.9 Å². The number of carbonyl (C=O) groups excluding carboxylic acids is 1. The van der Waals surface area contributed by atoms with E-state index >= 15 is 0 Å². The molecule has 3 aliphatic rings. The van der Waals surface area contributed by atoms with Crippen molar-refractivity contribution >= 4 is 17.3 Å². The van der Waals surface area contributed by atoms with E-state index in [0.717, 1.165) is 48.9 Å². The summed E-state index contributed by atoms with van der Waals surface area (Å²) in [5.41, 5.74) is 3.33. The molecule has 8 heteroatoms. The summed E-state index contributed by atoms with van der Waals surface area (Å²) in [7, 11) is 0. The van der Waals surface area contributed by atoms with E-state index < -0.39 is 4.92 Å². The predicted octanol–water partition coefficient (Wildman–Crippen LogP) is 4.00. The Hall–Kier alpha value is -3.00. The average molecular weight is 439 g/mol. The second-order valence-corrected chi connectivity index (χ2v) is 9.38. The first kappa shape index (κ1) is 22.2. The summed E-state index contributed by atoms with van der Waals surface area (Å²) >= 11 is 0. The van der Waals surface area contributed by atoms with Gasteiger partial charge in [-0.15, -0.1) is 0 Å². The molecule has 1 saturated heterocycles. The third-order valence-corrected chi connectivity index (χ3v) is 7.17. The minimum absolute atomic E-state index is 0.0183. The number of benzene rings is 1. The number of nitrogens with one attached hydrogen (secondary N) is 1. The van der Waals surface area contributed by atoms with Crippen molar-refractivity contribution in [1.29, 1.82) is 5.41 Å². The van der Waals surface area contributed by atoms with E-state index in [1.165, 1.54) is 29.8 Å². The summed E-state index contributed by atoms with van der Waals surface area (Å²) in [6.45, 7) is 11.7. The SMILES string of the molecule is CC1=C(C)C2C(=N)C(C)(CN3CCN(C(=O)c4ccc([N+](=O)[O-])cc4)CC3)CC2=C(C)O1. The largest absolute Gasteiger partial charge is 0.467 e. The van der Waals surface area contributed by atoms with E-state index in [-0.39, 0.29) is 22.9 Å². The molecule has 1 aromatic carbocycles. The first-order chi connectivity index (χ1) is 15.1. The van der Waals surface area contributed by atoms with Gasteiger partial charge in [0.05, 0.1) is 4.92 Å². The predicted molar refractivity (Wildman–Crippen MR) is 122 cm³/mol. The van der Waals surface area contributed by atoms with Crippen LogP contribution >= 0.6 is 0 Å². The second-order valence-electron chi connectivity index (χ2n) is 9.38. The number of amides is 1. The molecule has 0 aromatic heterocycles. The van der Waals surface area contributed by atoms with Crippen molar-refractivity contribution in [2.45, 2.75) is 34.1 Å². The summed E-state index contributed by atoms with van der Waals surface area (Å²) in [5.74, 6) is 1.80. The molecule has 170 valence electrons. The van der Waals surface area contributed by atoms with Crippen LogP contribution in [0.5, 0.6) is 0 Å². The number of allylic oxidation sites excluding steroid dienone is 4. The lowest BCUT2D eigenvalue weighted by molar-refractivity contribution is -0.384. The third kappa shape index (κ3) is 3.83. The molecule has 2 atom stereocenters. The van der Waals surface area contributed by atoms with Crippen LogP contribution in [-0.2, 0) is 4.74 Å². The normalized spacial score (nSPS) is 26.3. The first-order valence-electron chi connectivity index (χ1n) is 11.0. The van der Waals surface area contributed by atoms with Crippen molar-refractivity contribution in [2.24, 2.45) is 11.3 Å². The van der Waals surface area contributed by atoms with Gasteiger partial charge >= 0.3 is 0 Å². The third-order valence-electron chi connectivity index (χ3n) is 7.17. The number of piperazine rings is 1. The zero-order chi connectivity index (χ0) is 23.2. The topological polar surface area (TPSA) is 99.8 Å². The van der Waals surface area contributed by atoms with Gasteiger partial charge in [-0.3, -0.25) is 19.8 Å². The Labute approximate surface area is 188 Å². The molecule has 32 heavy (non-hydrogen) atoms. The fourth-order valence-corrected chi connectivity index (χ4v) is 5.18. The summed E-state index contributed by atoms with van der Waals surface area (Å²) < 4.78 is 5.91. The van der Waals surface area contributed by atoms with Crippen molar-refractivity contribution in [3.05, 3.63) is 62.6 Å². The lowest BCUT2D eigenvalue weighted by Gasteiger charge is -2.39. The highest BCUT2D eigenvalue weighted by Gasteiger charge is 2.48. The number of carbonyl (C=O) groups is 1. The Morgan fingerprint density at radius 3 is 2.38 bits per heavy atom. The van der Waals surface area contributed by atoms with Gasteiger partial charge in [-0.25, -0.2) is 0 Å². The van der Waals surface area contributed by atoms with E-state index in [1.54, 1.807) is 4.90 Å². The van der Waals surface area contributed by atoms with Crippen LogP contribution in [0.15, 0.2) is 46.9 Å². The van der Waals surface area contributed by atoms with E-state index in [2.05, 4.69) is 18.7 Å². The van der Waals surface area contributed by atoms with Gasteiger partial charge in [0.15, 0.2) is 0 Å². The Balaban J connectivity index is 1.39. The maximum atomic E-state index is 12.8. The number of nitro groups is 1. The van der Waals surface area contributed by atoms with Gasteiger partial charge in [0.1, 0.15) is 11.5 Å². The van der Waals surface area contributed by atoms with Crippen molar-refractivity contribution in [3.63, 3.8) is 0 Å². The van der Waals surface area contributed by atoms with Crippen LogP contribution in [0.25, 0.3) is 0 Å². The van der Waals surface area contributed by atoms with Crippen molar-refractivity contribution in [3.8, 4) is 0 Å². The van der Waals surface area contributed by atoms with E-state index in [0.29, 0.717) is 18.7 Å². The van der Waals surface area contributed by atoms with Crippen molar-refractivity contribution < 1.29 is 14.5 Å². The number of rotatable bonds is 4. The molecule has 0 bridgehead atoms. The summed E-state index contributed by atoms with van der Waals surface area (Å²) in [4.78, 5) is 27.3. The molecule has 0 radical (unpaired) electrons. The van der Waals surface area contributed by atoms with Crippen LogP contribution in [-0.4, -0.2) is 59.1 Å². The van der Waals surface area contributed by atoms with E-state index in [1.807, 2.05) is 13.8 Å². The van der Waals surface area contributed by atoms with Crippen molar-refractivity contribution in [2.75, 3.05) is 32.7 Å². The van der Waals surface area contributed by atoms with E-state index in [9.17, 15) is 14.9 Å². The highest BCUT2D eigenvalue weighted by Crippen LogP contribution is 2.50. The zero-order valence-electron chi connectivity index (χ0n) is 19.1. The maximum Gasteiger partial charge on any atom is 0.269 e. The summed E-state index contributed by atoms with van der Waals surface area (Å²) in [5, 5.41) is 19.8. The number of hydrogen-bond donors (Lipinski definition) is 1. The molecule has 1 saturated carbocycles. The van der Waals surface area contributed by atoms with Gasteiger partial charge in [-0.2, -0.15) is 0 Å². The van der Waals surface area contributed by atoms with Crippen LogP contribution < -0.4 is 0 Å². The Kier molecular flexibility index (Phi) is 5.67. The lowest BCUT2D eigenvalue weighted by atomic mass is 9.83. The molecule has 0 spiro atoms. The quantitative estimate of drug-likeness (QED) is 0.566. The molecule has 2 heterocycles. The minimum Gasteiger partial charge on any atom is -0.467 e. The molecule has 1 amide bonds. The fraction of sp³-hybridized carbons (Fsp3) is 0.500. The molecular formula is C24H30N4O4. The number of nitro benzene ring substituents is 1. The van der Waals surface area contributed by atoms with Gasteiger partial charge in [-0.05, 0) is 50.5 Å². The Bertz CT molecular complexity index is 1030. The second kappa shape index (κ2) is 8.16. The molecule has 4 rings (SSSR count). The Morgan fingerprint density at radius 1 is 1.16 bits per heavy atom. The highest BCUT2D eigenvalue weighted by molar-refractivity contribution is 5.98. The molecule has 1 aromatic rings. The number of ether oxygens (including phenoxy) is 1. The minimum atomic E-state index is -0.466. The molecule has 2 aliphatic heterocycles. The van der Waals surface area contributed by atoms with Crippen LogP contribution in [0.3, 0.4) is 0 Å². The summed E-state index contributed by atoms with van der Waals surface area (Å²) in [6, 6.07) is 5.78. The van der Waals surface area contributed by atoms with Gasteiger partial charge in [0.25, 0.3) is 11.6 Å². The van der Waals surface area contributed by atoms with Gasteiger partial charge in [0.2, 0.25) is 0 Å². The van der Waals surface area contributed by atoms with Crippen molar-refractivity contribution in [1.82, 2.24) is 9.80 Å². The maximum absolute atomic E-state index is 12.8. The fourth-order valence-electron chi connectivity index (χ4n) is 5.18. The lowest BCUT2D eigenvalue weighted by Crippen LogP contribution is -2.51. The van der Waals surface area contributed by atoms with Crippen LogP contribution in [0.1, 0.15) is 44.5 Å². The Morgan fingerprint density at radius 2 is 1.78 bits per heavy atom. The molecule has 1 aliphatic carbocycles. The number of non-ortho nitro benzene ring substituents is 1. The van der Waals surface area contributed by atoms with E-state index in [4.69, 9.17) is 10.1 Å². The summed E-state index contributed by atoms with van der Waals surface area (Å²) in [6.07, 6.45) is 0.828. The average Bonchev–Trinajstić information content (AvgIpc) is 3.03. The molecular weight excluding hydrogens is 408 g/mol. The number of fused-ring (bicyclic) bond motifs is 1. The molecule has 1 N–H and O–H groups in total. The zero-order valence-corrected chi connectivity index (χ0v) is 19.1. The molecule has 8 nitrogen and oxygen atoms in total. The van der Waals surface area contributed by atoms with Gasteiger partial charge < -0.3 is 15.0 Å². The van der Waals surface area contributed by atoms with Crippen LogP contribution in [0.2, 0.25) is 0 Å². The first-order valence-corrected chi connectivity index (χ1v) is 11.0. The van der Waals surface area contributed by atoms with Gasteiger partial charge in [-0.1, -0.05) is 6.92 Å². The molecule has 2 fully saturated rings. The standard InChI is InChI=1S/C24H30N4O4/c1-15-16(2)32-17(3)20-13-24(4,22(25)21(15)20)14-26-9-11-27(12-10-26)23(29)18-5-7-19(8-6-18)28(30)31/h5-8,21,25H,9-14H2,1-4H3.